The number of ether oxygens (including phenoxy) is 1. The van der Waals surface area contributed by atoms with Gasteiger partial charge in [-0.2, -0.15) is 0 Å². The molecule has 0 aliphatic rings. The maximum absolute atomic E-state index is 13.3. The van der Waals surface area contributed by atoms with Gasteiger partial charge in [-0.25, -0.2) is 9.18 Å². The molecular formula is C15H19FN2O2. The van der Waals surface area contributed by atoms with Crippen LogP contribution in [0.2, 0.25) is 0 Å². The highest BCUT2D eigenvalue weighted by atomic mass is 19.1. The Balaban J connectivity index is 2.18. The Labute approximate surface area is 117 Å². The van der Waals surface area contributed by atoms with Crippen LogP contribution in [0, 0.1) is 5.82 Å². The largest absolute Gasteiger partial charge is 0.446 e. The zero-order valence-electron chi connectivity index (χ0n) is 11.5. The molecule has 0 unspecified atom stereocenters. The summed E-state index contributed by atoms with van der Waals surface area (Å²) >= 11 is 0. The lowest BCUT2D eigenvalue weighted by molar-refractivity contribution is 0.0999. The van der Waals surface area contributed by atoms with Gasteiger partial charge < -0.3 is 15.5 Å². The highest BCUT2D eigenvalue weighted by Crippen LogP contribution is 2.22. The molecule has 1 amide bonds. The van der Waals surface area contributed by atoms with Crippen molar-refractivity contribution in [1.82, 2.24) is 4.98 Å². The first kappa shape index (κ1) is 14.4. The average molecular weight is 278 g/mol. The molecule has 1 aromatic carbocycles. The fourth-order valence-corrected chi connectivity index (χ4v) is 2.36. The van der Waals surface area contributed by atoms with Crippen LogP contribution in [0.5, 0.6) is 0 Å². The van der Waals surface area contributed by atoms with Crippen LogP contribution in [0.3, 0.4) is 0 Å². The molecule has 0 fully saturated rings. The Morgan fingerprint density at radius 1 is 1.50 bits per heavy atom. The van der Waals surface area contributed by atoms with Crippen molar-refractivity contribution < 1.29 is 13.9 Å². The van der Waals surface area contributed by atoms with E-state index in [4.69, 9.17) is 10.5 Å². The predicted octanol–water partition coefficient (Wildman–Crippen LogP) is 3.50. The minimum absolute atomic E-state index is 0.269. The second-order valence-corrected chi connectivity index (χ2v) is 4.91. The fraction of sp³-hybridized carbons (Fsp3) is 0.400. The maximum atomic E-state index is 13.3. The number of halogens is 1. The van der Waals surface area contributed by atoms with Crippen LogP contribution in [0.15, 0.2) is 24.4 Å². The number of aromatic amines is 1. The molecular weight excluding hydrogens is 259 g/mol. The highest BCUT2D eigenvalue weighted by molar-refractivity contribution is 5.83. The van der Waals surface area contributed by atoms with Gasteiger partial charge in [0.05, 0.1) is 0 Å². The molecule has 0 spiro atoms. The summed E-state index contributed by atoms with van der Waals surface area (Å²) in [6.07, 6.45) is 4.05. The molecule has 1 aromatic heterocycles. The molecule has 0 radical (unpaired) electrons. The van der Waals surface area contributed by atoms with E-state index in [-0.39, 0.29) is 11.9 Å². The summed E-state index contributed by atoms with van der Waals surface area (Å²) in [4.78, 5) is 14.0. The van der Waals surface area contributed by atoms with Gasteiger partial charge in [0, 0.05) is 23.5 Å². The number of carbonyl (C=O) groups is 1. The summed E-state index contributed by atoms with van der Waals surface area (Å²) in [7, 11) is 0. The van der Waals surface area contributed by atoms with Crippen molar-refractivity contribution in [2.24, 2.45) is 5.73 Å². The molecule has 0 aliphatic heterocycles. The number of amides is 1. The molecule has 1 atom stereocenters. The third kappa shape index (κ3) is 3.50. The predicted molar refractivity (Wildman–Crippen MR) is 75.9 cm³/mol. The third-order valence-electron chi connectivity index (χ3n) is 3.34. The molecule has 2 rings (SSSR count). The van der Waals surface area contributed by atoms with Crippen LogP contribution >= 0.6 is 0 Å². The molecule has 5 heteroatoms. The number of hydrogen-bond acceptors (Lipinski definition) is 2. The Morgan fingerprint density at radius 2 is 2.30 bits per heavy atom. The minimum Gasteiger partial charge on any atom is -0.446 e. The van der Waals surface area contributed by atoms with Crippen molar-refractivity contribution in [2.45, 2.75) is 38.7 Å². The van der Waals surface area contributed by atoms with Crippen LogP contribution in [0.25, 0.3) is 10.9 Å². The number of nitrogens with one attached hydrogen (secondary N) is 1. The molecule has 0 saturated heterocycles. The van der Waals surface area contributed by atoms with E-state index < -0.39 is 6.09 Å². The summed E-state index contributed by atoms with van der Waals surface area (Å²) in [5.41, 5.74) is 6.90. The first-order chi connectivity index (χ1) is 9.60. The van der Waals surface area contributed by atoms with Crippen molar-refractivity contribution in [3.8, 4) is 0 Å². The maximum Gasteiger partial charge on any atom is 0.404 e. The number of fused-ring (bicyclic) bond motifs is 1. The van der Waals surface area contributed by atoms with Gasteiger partial charge >= 0.3 is 6.09 Å². The van der Waals surface area contributed by atoms with Gasteiger partial charge in [-0.05, 0) is 30.2 Å². The molecule has 0 saturated carbocycles. The lowest BCUT2D eigenvalue weighted by Gasteiger charge is -2.15. The van der Waals surface area contributed by atoms with Gasteiger partial charge in [0.15, 0.2) is 0 Å². The van der Waals surface area contributed by atoms with Crippen LogP contribution in [-0.4, -0.2) is 17.2 Å². The molecule has 108 valence electrons. The first-order valence-corrected chi connectivity index (χ1v) is 6.81. The zero-order valence-corrected chi connectivity index (χ0v) is 11.5. The number of nitrogens with two attached hydrogens (primary N) is 1. The smallest absolute Gasteiger partial charge is 0.404 e. The van der Waals surface area contributed by atoms with E-state index >= 15 is 0 Å². The van der Waals surface area contributed by atoms with Crippen LogP contribution < -0.4 is 5.73 Å². The zero-order chi connectivity index (χ0) is 14.5. The lowest BCUT2D eigenvalue weighted by Crippen LogP contribution is -2.24. The van der Waals surface area contributed by atoms with E-state index in [0.29, 0.717) is 6.42 Å². The SMILES string of the molecule is CCCC[C@@H](Cc1c[nH]c2ccc(F)cc12)OC(N)=O. The topological polar surface area (TPSA) is 68.1 Å². The Bertz CT molecular complexity index is 595. The number of benzene rings is 1. The van der Waals surface area contributed by atoms with Crippen molar-refractivity contribution in [3.05, 3.63) is 35.8 Å². The first-order valence-electron chi connectivity index (χ1n) is 6.81. The van der Waals surface area contributed by atoms with Gasteiger partial charge in [0.1, 0.15) is 11.9 Å². The molecule has 0 bridgehead atoms. The van der Waals surface area contributed by atoms with Crippen LogP contribution in [0.1, 0.15) is 31.7 Å². The number of aromatic nitrogens is 1. The number of carbonyl (C=O) groups excluding carboxylic acids is 1. The molecule has 4 nitrogen and oxygen atoms in total. The van der Waals surface area contributed by atoms with Crippen LogP contribution in [0.4, 0.5) is 9.18 Å². The molecule has 2 aromatic rings. The minimum atomic E-state index is -0.767. The summed E-state index contributed by atoms with van der Waals surface area (Å²) in [5.74, 6) is -0.278. The highest BCUT2D eigenvalue weighted by Gasteiger charge is 2.15. The van der Waals surface area contributed by atoms with E-state index in [9.17, 15) is 9.18 Å². The molecule has 1 heterocycles. The van der Waals surface area contributed by atoms with Crippen molar-refractivity contribution >= 4 is 17.0 Å². The monoisotopic (exact) mass is 278 g/mol. The standard InChI is InChI=1S/C15H19FN2O2/c1-2-3-4-12(20-15(17)19)7-10-9-18-14-6-5-11(16)8-13(10)14/h5-6,8-9,12,18H,2-4,7H2,1H3,(H2,17,19)/t12-/m0/s1. The number of rotatable bonds is 6. The number of primary amides is 1. The van der Waals surface area contributed by atoms with Gasteiger partial charge in [0.25, 0.3) is 0 Å². The number of unbranched alkanes of at least 4 members (excludes halogenated alkanes) is 1. The van der Waals surface area contributed by atoms with Gasteiger partial charge in [-0.3, -0.25) is 0 Å². The Morgan fingerprint density at radius 3 is 3.00 bits per heavy atom. The number of H-pyrrole nitrogens is 1. The van der Waals surface area contributed by atoms with E-state index in [1.54, 1.807) is 6.07 Å². The van der Waals surface area contributed by atoms with E-state index in [0.717, 1.165) is 35.7 Å². The summed E-state index contributed by atoms with van der Waals surface area (Å²) in [6.45, 7) is 2.07. The van der Waals surface area contributed by atoms with Crippen molar-refractivity contribution in [2.75, 3.05) is 0 Å². The lowest BCUT2D eigenvalue weighted by atomic mass is 10.0. The molecule has 3 N–H and O–H groups in total. The Kier molecular flexibility index (Phi) is 4.61. The normalized spacial score (nSPS) is 12.5. The van der Waals surface area contributed by atoms with Gasteiger partial charge in [-0.1, -0.05) is 19.8 Å². The van der Waals surface area contributed by atoms with E-state index in [2.05, 4.69) is 11.9 Å². The van der Waals surface area contributed by atoms with Gasteiger partial charge in [-0.15, -0.1) is 0 Å². The van der Waals surface area contributed by atoms with Gasteiger partial charge in [0.2, 0.25) is 0 Å². The average Bonchev–Trinajstić information content (AvgIpc) is 2.78. The molecule has 0 aliphatic carbocycles. The second-order valence-electron chi connectivity index (χ2n) is 4.91. The third-order valence-corrected chi connectivity index (χ3v) is 3.34. The van der Waals surface area contributed by atoms with E-state index in [1.807, 2.05) is 6.20 Å². The second kappa shape index (κ2) is 6.41. The molecule has 20 heavy (non-hydrogen) atoms. The Hall–Kier alpha value is -2.04. The van der Waals surface area contributed by atoms with Crippen LogP contribution in [-0.2, 0) is 11.2 Å². The quantitative estimate of drug-likeness (QED) is 0.849. The van der Waals surface area contributed by atoms with Crippen molar-refractivity contribution in [1.29, 1.82) is 0 Å². The fourth-order valence-electron chi connectivity index (χ4n) is 2.36. The van der Waals surface area contributed by atoms with E-state index in [1.165, 1.54) is 12.1 Å². The summed E-state index contributed by atoms with van der Waals surface area (Å²) in [5, 5.41) is 0.819. The van der Waals surface area contributed by atoms with Crippen molar-refractivity contribution in [3.63, 3.8) is 0 Å². The summed E-state index contributed by atoms with van der Waals surface area (Å²) < 4.78 is 18.5. The number of hydrogen-bond donors (Lipinski definition) is 2. The summed E-state index contributed by atoms with van der Waals surface area (Å²) in [6, 6.07) is 4.60.